The Labute approximate surface area is 101 Å². The quantitative estimate of drug-likeness (QED) is 0.559. The molecule has 0 atom stereocenters. The Morgan fingerprint density at radius 1 is 1.35 bits per heavy atom. The molecule has 0 aromatic carbocycles. The third-order valence-corrected chi connectivity index (χ3v) is 2.45. The van der Waals surface area contributed by atoms with Gasteiger partial charge in [0.15, 0.2) is 0 Å². The van der Waals surface area contributed by atoms with Crippen molar-refractivity contribution in [3.63, 3.8) is 0 Å². The maximum absolute atomic E-state index is 11.4. The summed E-state index contributed by atoms with van der Waals surface area (Å²) in [6.45, 7) is 7.19. The molecule has 6 heteroatoms. The summed E-state index contributed by atoms with van der Waals surface area (Å²) in [5.74, 6) is -0.457. The van der Waals surface area contributed by atoms with Gasteiger partial charge in [-0.15, -0.1) is 0 Å². The van der Waals surface area contributed by atoms with E-state index in [4.69, 9.17) is 4.74 Å². The maximum Gasteiger partial charge on any atom is 0.246 e. The number of ether oxygens (including phenoxy) is 1. The highest BCUT2D eigenvalue weighted by Gasteiger charge is 2.32. The van der Waals surface area contributed by atoms with Crippen LogP contribution in [0.1, 0.15) is 20.8 Å². The molecule has 0 spiro atoms. The van der Waals surface area contributed by atoms with Crippen molar-refractivity contribution in [3.8, 4) is 0 Å². The van der Waals surface area contributed by atoms with Gasteiger partial charge in [0.2, 0.25) is 11.8 Å². The van der Waals surface area contributed by atoms with Crippen LogP contribution in [0.2, 0.25) is 0 Å². The maximum atomic E-state index is 11.4. The van der Waals surface area contributed by atoms with Gasteiger partial charge in [-0.05, 0) is 20.8 Å². The van der Waals surface area contributed by atoms with Crippen LogP contribution in [0.5, 0.6) is 0 Å². The van der Waals surface area contributed by atoms with E-state index in [1.807, 2.05) is 20.8 Å². The molecule has 0 radical (unpaired) electrons. The minimum absolute atomic E-state index is 0.00463. The lowest BCUT2D eigenvalue weighted by Crippen LogP contribution is -2.59. The second kappa shape index (κ2) is 5.97. The first-order chi connectivity index (χ1) is 7.91. The summed E-state index contributed by atoms with van der Waals surface area (Å²) in [5.41, 5.74) is -0.239. The summed E-state index contributed by atoms with van der Waals surface area (Å²) in [6.07, 6.45) is 0. The molecule has 0 unspecified atom stereocenters. The molecule has 1 aliphatic heterocycles. The molecule has 0 saturated carbocycles. The first-order valence-corrected chi connectivity index (χ1v) is 5.82. The van der Waals surface area contributed by atoms with Crippen molar-refractivity contribution in [1.82, 2.24) is 16.0 Å². The molecular formula is C11H21N3O3. The first-order valence-electron chi connectivity index (χ1n) is 5.82. The third-order valence-electron chi connectivity index (χ3n) is 2.45. The summed E-state index contributed by atoms with van der Waals surface area (Å²) >= 11 is 0. The predicted molar refractivity (Wildman–Crippen MR) is 63.5 cm³/mol. The van der Waals surface area contributed by atoms with Crippen LogP contribution in [0.4, 0.5) is 0 Å². The number of rotatable bonds is 6. The van der Waals surface area contributed by atoms with E-state index in [0.717, 1.165) is 13.1 Å². The van der Waals surface area contributed by atoms with Crippen LogP contribution in [-0.2, 0) is 14.3 Å². The molecule has 0 bridgehead atoms. The van der Waals surface area contributed by atoms with Gasteiger partial charge in [-0.3, -0.25) is 9.59 Å². The van der Waals surface area contributed by atoms with Crippen LogP contribution in [0.3, 0.4) is 0 Å². The molecule has 17 heavy (non-hydrogen) atoms. The molecule has 2 amide bonds. The van der Waals surface area contributed by atoms with Gasteiger partial charge in [0.1, 0.15) is 6.61 Å². The van der Waals surface area contributed by atoms with Gasteiger partial charge in [0.05, 0.1) is 12.1 Å². The molecule has 0 aromatic heterocycles. The molecule has 1 heterocycles. The minimum atomic E-state index is -0.267. The average molecular weight is 243 g/mol. The Balaban J connectivity index is 2.10. The van der Waals surface area contributed by atoms with E-state index in [9.17, 15) is 9.59 Å². The van der Waals surface area contributed by atoms with Crippen molar-refractivity contribution in [3.05, 3.63) is 0 Å². The second-order valence-electron chi connectivity index (χ2n) is 4.84. The molecular weight excluding hydrogens is 222 g/mol. The molecule has 1 rings (SSSR count). The highest BCUT2D eigenvalue weighted by molar-refractivity contribution is 5.85. The fraction of sp³-hybridized carbons (Fsp3) is 0.818. The number of hydrogen-bond acceptors (Lipinski definition) is 4. The van der Waals surface area contributed by atoms with Crippen molar-refractivity contribution in [1.29, 1.82) is 0 Å². The Morgan fingerprint density at radius 2 is 2.00 bits per heavy atom. The zero-order chi connectivity index (χ0) is 12.9. The standard InChI is InChI=1S/C11H21N3O3/c1-8(2)14-9(15)4-13-10(16)5-17-11(3)6-12-7-11/h8,12H,4-7H2,1-3H3,(H,13,16)(H,14,15). The van der Waals surface area contributed by atoms with E-state index in [-0.39, 0.29) is 36.6 Å². The number of nitrogens with one attached hydrogen (secondary N) is 3. The molecule has 98 valence electrons. The molecule has 1 aliphatic rings. The predicted octanol–water partition coefficient (Wildman–Crippen LogP) is -0.994. The molecule has 1 fully saturated rings. The lowest BCUT2D eigenvalue weighted by Gasteiger charge is -2.38. The summed E-state index contributed by atoms with van der Waals surface area (Å²) in [6, 6.07) is 0.0793. The monoisotopic (exact) mass is 243 g/mol. The lowest BCUT2D eigenvalue weighted by molar-refractivity contribution is -0.137. The number of hydrogen-bond donors (Lipinski definition) is 3. The van der Waals surface area contributed by atoms with Gasteiger partial charge < -0.3 is 20.7 Å². The second-order valence-corrected chi connectivity index (χ2v) is 4.84. The average Bonchev–Trinajstić information content (AvgIpc) is 2.20. The summed E-state index contributed by atoms with van der Waals surface area (Å²) in [4.78, 5) is 22.6. The van der Waals surface area contributed by atoms with E-state index in [2.05, 4.69) is 16.0 Å². The zero-order valence-corrected chi connectivity index (χ0v) is 10.6. The summed E-state index contributed by atoms with van der Waals surface area (Å²) in [7, 11) is 0. The number of carbonyl (C=O) groups excluding carboxylic acids is 2. The zero-order valence-electron chi connectivity index (χ0n) is 10.6. The summed E-state index contributed by atoms with van der Waals surface area (Å²) in [5, 5.41) is 8.28. The van der Waals surface area contributed by atoms with E-state index < -0.39 is 0 Å². The van der Waals surface area contributed by atoms with Crippen LogP contribution in [-0.4, -0.2) is 49.7 Å². The van der Waals surface area contributed by atoms with E-state index in [1.54, 1.807) is 0 Å². The summed E-state index contributed by atoms with van der Waals surface area (Å²) < 4.78 is 5.43. The smallest absolute Gasteiger partial charge is 0.246 e. The number of amides is 2. The van der Waals surface area contributed by atoms with Crippen molar-refractivity contribution >= 4 is 11.8 Å². The molecule has 6 nitrogen and oxygen atoms in total. The SMILES string of the molecule is CC(C)NC(=O)CNC(=O)COC1(C)CNC1. The van der Waals surface area contributed by atoms with Crippen molar-refractivity contribution in [2.24, 2.45) is 0 Å². The molecule has 1 saturated heterocycles. The van der Waals surface area contributed by atoms with E-state index >= 15 is 0 Å². The largest absolute Gasteiger partial charge is 0.363 e. The number of carbonyl (C=O) groups is 2. The normalized spacial score (nSPS) is 17.4. The minimum Gasteiger partial charge on any atom is -0.363 e. The van der Waals surface area contributed by atoms with Crippen LogP contribution >= 0.6 is 0 Å². The third kappa shape index (κ3) is 5.14. The van der Waals surface area contributed by atoms with Gasteiger partial charge in [0, 0.05) is 19.1 Å². The molecule has 0 aliphatic carbocycles. The van der Waals surface area contributed by atoms with Gasteiger partial charge in [-0.1, -0.05) is 0 Å². The Hall–Kier alpha value is -1.14. The van der Waals surface area contributed by atoms with Crippen LogP contribution in [0, 0.1) is 0 Å². The van der Waals surface area contributed by atoms with Crippen LogP contribution < -0.4 is 16.0 Å². The highest BCUT2D eigenvalue weighted by atomic mass is 16.5. The first kappa shape index (κ1) is 13.9. The van der Waals surface area contributed by atoms with Crippen molar-refractivity contribution in [2.75, 3.05) is 26.2 Å². The van der Waals surface area contributed by atoms with Gasteiger partial charge in [0.25, 0.3) is 0 Å². The van der Waals surface area contributed by atoms with Crippen molar-refractivity contribution < 1.29 is 14.3 Å². The fourth-order valence-corrected chi connectivity index (χ4v) is 1.42. The van der Waals surface area contributed by atoms with E-state index in [0.29, 0.717) is 0 Å². The Morgan fingerprint density at radius 3 is 2.47 bits per heavy atom. The molecule has 0 aromatic rings. The van der Waals surface area contributed by atoms with Crippen LogP contribution in [0.15, 0.2) is 0 Å². The Bertz CT molecular complexity index is 288. The van der Waals surface area contributed by atoms with Gasteiger partial charge >= 0.3 is 0 Å². The van der Waals surface area contributed by atoms with Crippen LogP contribution in [0.25, 0.3) is 0 Å². The Kier molecular flexibility index (Phi) is 4.89. The van der Waals surface area contributed by atoms with Crippen molar-refractivity contribution in [2.45, 2.75) is 32.4 Å². The van der Waals surface area contributed by atoms with Gasteiger partial charge in [-0.2, -0.15) is 0 Å². The topological polar surface area (TPSA) is 79.5 Å². The molecule has 3 N–H and O–H groups in total. The van der Waals surface area contributed by atoms with Gasteiger partial charge in [-0.25, -0.2) is 0 Å². The van der Waals surface area contributed by atoms with E-state index in [1.165, 1.54) is 0 Å². The highest BCUT2D eigenvalue weighted by Crippen LogP contribution is 2.14. The fourth-order valence-electron chi connectivity index (χ4n) is 1.42. The lowest BCUT2D eigenvalue weighted by atomic mass is 10.0.